The zero-order valence-electron chi connectivity index (χ0n) is 17.7. The first-order chi connectivity index (χ1) is 13.4. The van der Waals surface area contributed by atoms with Crippen LogP contribution < -0.4 is 0 Å². The van der Waals surface area contributed by atoms with E-state index in [9.17, 15) is 14.7 Å². The molecule has 1 amide bonds. The lowest BCUT2D eigenvalue weighted by Gasteiger charge is -2.25. The van der Waals surface area contributed by atoms with E-state index in [1.807, 2.05) is 24.0 Å². The van der Waals surface area contributed by atoms with Gasteiger partial charge >= 0.3 is 5.97 Å². The van der Waals surface area contributed by atoms with Crippen molar-refractivity contribution in [1.82, 2.24) is 4.90 Å². The standard InChI is InChI=1S/C23H37NO4/c1-4-5-8-11-20(18(2)3)21(25)15-13-19-14-16-22(26)24(19)17-10-7-6-9-12-23(27)28/h13,15,18-21,25H,4,6-7,9-12,14,16-17H2,1-3H3,(H,27,28)/b15-13+/t19-,20+,21+/m0/s1. The monoisotopic (exact) mass is 391 g/mol. The van der Waals surface area contributed by atoms with Gasteiger partial charge in [-0.1, -0.05) is 45.8 Å². The van der Waals surface area contributed by atoms with Crippen molar-refractivity contribution < 1.29 is 19.8 Å². The molecule has 28 heavy (non-hydrogen) atoms. The van der Waals surface area contributed by atoms with Crippen molar-refractivity contribution in [2.24, 2.45) is 11.8 Å². The first-order valence-corrected chi connectivity index (χ1v) is 10.7. The third-order valence-electron chi connectivity index (χ3n) is 5.38. The Bertz CT molecular complexity index is 573. The fraction of sp³-hybridized carbons (Fsp3) is 0.739. The first kappa shape index (κ1) is 24.2. The molecule has 1 aliphatic heterocycles. The average Bonchev–Trinajstić information content (AvgIpc) is 2.99. The molecule has 0 unspecified atom stereocenters. The molecule has 0 aromatic heterocycles. The summed E-state index contributed by atoms with van der Waals surface area (Å²) in [6, 6.07) is 0.0516. The number of carbonyl (C=O) groups is 2. The largest absolute Gasteiger partial charge is 0.481 e. The molecule has 158 valence electrons. The Morgan fingerprint density at radius 1 is 1.25 bits per heavy atom. The number of nitrogens with zero attached hydrogens (tertiary/aromatic N) is 1. The highest BCUT2D eigenvalue weighted by Gasteiger charge is 2.29. The van der Waals surface area contributed by atoms with Gasteiger partial charge in [-0.25, -0.2) is 0 Å². The van der Waals surface area contributed by atoms with Crippen molar-refractivity contribution >= 4 is 11.9 Å². The summed E-state index contributed by atoms with van der Waals surface area (Å²) >= 11 is 0. The van der Waals surface area contributed by atoms with Crippen LogP contribution in [0.25, 0.3) is 0 Å². The van der Waals surface area contributed by atoms with E-state index in [2.05, 4.69) is 25.7 Å². The van der Waals surface area contributed by atoms with Gasteiger partial charge < -0.3 is 15.1 Å². The molecular weight excluding hydrogens is 354 g/mol. The Morgan fingerprint density at radius 2 is 1.96 bits per heavy atom. The highest BCUT2D eigenvalue weighted by molar-refractivity contribution is 5.79. The van der Waals surface area contributed by atoms with Gasteiger partial charge in [0, 0.05) is 38.1 Å². The predicted octanol–water partition coefficient (Wildman–Crippen LogP) is 4.01. The van der Waals surface area contributed by atoms with Crippen LogP contribution in [-0.4, -0.2) is 45.7 Å². The van der Waals surface area contributed by atoms with Gasteiger partial charge in [0.05, 0.1) is 12.1 Å². The van der Waals surface area contributed by atoms with Gasteiger partial charge in [-0.15, -0.1) is 11.8 Å². The number of rotatable bonds is 12. The van der Waals surface area contributed by atoms with Crippen molar-refractivity contribution in [1.29, 1.82) is 0 Å². The first-order valence-electron chi connectivity index (χ1n) is 10.7. The van der Waals surface area contributed by atoms with Gasteiger partial charge in [0.25, 0.3) is 0 Å². The Hall–Kier alpha value is -1.80. The molecule has 0 aliphatic carbocycles. The number of amides is 1. The molecule has 1 rings (SSSR count). The lowest BCUT2D eigenvalue weighted by atomic mass is 9.87. The quantitative estimate of drug-likeness (QED) is 0.299. The molecule has 3 atom stereocenters. The normalized spacial score (nSPS) is 19.1. The van der Waals surface area contributed by atoms with E-state index in [0.29, 0.717) is 31.7 Å². The van der Waals surface area contributed by atoms with Crippen molar-refractivity contribution in [2.45, 2.75) is 90.7 Å². The van der Waals surface area contributed by atoms with Gasteiger partial charge in [-0.3, -0.25) is 9.59 Å². The second kappa shape index (κ2) is 13.4. The maximum Gasteiger partial charge on any atom is 0.303 e. The van der Waals surface area contributed by atoms with E-state index in [0.717, 1.165) is 32.1 Å². The van der Waals surface area contributed by atoms with Crippen molar-refractivity contribution in [3.63, 3.8) is 0 Å². The topological polar surface area (TPSA) is 77.8 Å². The Morgan fingerprint density at radius 3 is 2.61 bits per heavy atom. The number of unbranched alkanes of at least 4 members (excludes halogenated alkanes) is 3. The van der Waals surface area contributed by atoms with E-state index in [1.54, 1.807) is 0 Å². The zero-order chi connectivity index (χ0) is 20.9. The molecule has 5 heteroatoms. The van der Waals surface area contributed by atoms with Gasteiger partial charge in [0.15, 0.2) is 0 Å². The average molecular weight is 392 g/mol. The van der Waals surface area contributed by atoms with E-state index >= 15 is 0 Å². The lowest BCUT2D eigenvalue weighted by Crippen LogP contribution is -2.33. The van der Waals surface area contributed by atoms with Crippen LogP contribution in [0.15, 0.2) is 12.2 Å². The summed E-state index contributed by atoms with van der Waals surface area (Å²) in [5.74, 6) is 6.06. The third kappa shape index (κ3) is 8.93. The molecule has 1 fully saturated rings. The van der Waals surface area contributed by atoms with E-state index < -0.39 is 12.1 Å². The van der Waals surface area contributed by atoms with Crippen LogP contribution in [0.5, 0.6) is 0 Å². The van der Waals surface area contributed by atoms with Crippen molar-refractivity contribution in [3.8, 4) is 11.8 Å². The molecule has 0 aromatic rings. The number of aliphatic carboxylic acids is 1. The maximum absolute atomic E-state index is 12.2. The number of carboxylic acids is 1. The van der Waals surface area contributed by atoms with Gasteiger partial charge in [0.1, 0.15) is 0 Å². The summed E-state index contributed by atoms with van der Waals surface area (Å²) in [7, 11) is 0. The second-order valence-electron chi connectivity index (χ2n) is 7.95. The fourth-order valence-corrected chi connectivity index (χ4v) is 3.61. The molecule has 1 saturated heterocycles. The minimum Gasteiger partial charge on any atom is -0.481 e. The maximum atomic E-state index is 12.2. The fourth-order valence-electron chi connectivity index (χ4n) is 3.61. The Labute approximate surface area is 170 Å². The van der Waals surface area contributed by atoms with E-state index in [-0.39, 0.29) is 24.3 Å². The van der Waals surface area contributed by atoms with E-state index in [4.69, 9.17) is 5.11 Å². The van der Waals surface area contributed by atoms with Crippen molar-refractivity contribution in [3.05, 3.63) is 12.2 Å². The molecule has 2 N–H and O–H groups in total. The molecular formula is C23H37NO4. The summed E-state index contributed by atoms with van der Waals surface area (Å²) in [5.41, 5.74) is 0. The predicted molar refractivity (Wildman–Crippen MR) is 112 cm³/mol. The molecule has 0 saturated carbocycles. The Balaban J connectivity index is 2.52. The van der Waals surface area contributed by atoms with Gasteiger partial charge in [-0.2, -0.15) is 0 Å². The summed E-state index contributed by atoms with van der Waals surface area (Å²) in [6.45, 7) is 6.92. The number of carboxylic acid groups (broad SMARTS) is 1. The van der Waals surface area contributed by atoms with Crippen LogP contribution >= 0.6 is 0 Å². The summed E-state index contributed by atoms with van der Waals surface area (Å²) in [5, 5.41) is 19.3. The van der Waals surface area contributed by atoms with Crippen LogP contribution in [0, 0.1) is 23.7 Å². The van der Waals surface area contributed by atoms with Crippen LogP contribution in [0.3, 0.4) is 0 Å². The molecule has 0 aromatic carbocycles. The van der Waals surface area contributed by atoms with Crippen LogP contribution in [-0.2, 0) is 9.59 Å². The van der Waals surface area contributed by atoms with Crippen LogP contribution in [0.4, 0.5) is 0 Å². The zero-order valence-corrected chi connectivity index (χ0v) is 17.7. The van der Waals surface area contributed by atoms with Gasteiger partial charge in [0.2, 0.25) is 5.91 Å². The minimum atomic E-state index is -0.751. The number of aliphatic hydroxyl groups is 1. The summed E-state index contributed by atoms with van der Waals surface area (Å²) < 4.78 is 0. The van der Waals surface area contributed by atoms with Crippen molar-refractivity contribution in [2.75, 3.05) is 6.54 Å². The molecule has 1 aliphatic rings. The molecule has 0 spiro atoms. The minimum absolute atomic E-state index is 0.0516. The lowest BCUT2D eigenvalue weighted by molar-refractivity contribution is -0.137. The molecule has 1 heterocycles. The Kier molecular flexibility index (Phi) is 11.6. The van der Waals surface area contributed by atoms with E-state index in [1.165, 1.54) is 0 Å². The number of carbonyl (C=O) groups excluding carboxylic acids is 1. The molecule has 5 nitrogen and oxygen atoms in total. The highest BCUT2D eigenvalue weighted by atomic mass is 16.4. The number of hydrogen-bond donors (Lipinski definition) is 2. The van der Waals surface area contributed by atoms with Crippen LogP contribution in [0.1, 0.15) is 78.6 Å². The summed E-state index contributed by atoms with van der Waals surface area (Å²) in [6.07, 6.45) is 9.74. The second-order valence-corrected chi connectivity index (χ2v) is 7.95. The SMILES string of the molecule is CCC#CC[C@H](C(C)C)[C@H](O)/C=C/[C@H]1CCC(=O)N1CCCCCCC(=O)O. The number of aliphatic hydroxyl groups excluding tert-OH is 1. The summed E-state index contributed by atoms with van der Waals surface area (Å²) in [4.78, 5) is 24.6. The van der Waals surface area contributed by atoms with Crippen LogP contribution in [0.2, 0.25) is 0 Å². The molecule has 0 bridgehead atoms. The van der Waals surface area contributed by atoms with Gasteiger partial charge in [-0.05, 0) is 25.2 Å². The number of hydrogen-bond acceptors (Lipinski definition) is 3. The third-order valence-corrected chi connectivity index (χ3v) is 5.38. The smallest absolute Gasteiger partial charge is 0.303 e. The molecule has 0 radical (unpaired) electrons. The highest BCUT2D eigenvalue weighted by Crippen LogP contribution is 2.24. The number of likely N-dealkylation sites (tertiary alicyclic amines) is 1.